The molecule has 0 saturated carbocycles. The Kier molecular flexibility index (Phi) is 4.33. The lowest BCUT2D eigenvalue weighted by Crippen LogP contribution is -2.24. The summed E-state index contributed by atoms with van der Waals surface area (Å²) < 4.78 is 11.9. The quantitative estimate of drug-likeness (QED) is 0.430. The van der Waals surface area contributed by atoms with Crippen LogP contribution in [-0.4, -0.2) is 47.5 Å². The molecule has 0 radical (unpaired) electrons. The van der Waals surface area contributed by atoms with Gasteiger partial charge in [-0.2, -0.15) is 5.10 Å². The average Bonchev–Trinajstić information content (AvgIpc) is 3.46. The Morgan fingerprint density at radius 1 is 1.06 bits per heavy atom. The van der Waals surface area contributed by atoms with Crippen molar-refractivity contribution < 1.29 is 4.74 Å². The van der Waals surface area contributed by atoms with Crippen LogP contribution in [0.15, 0.2) is 30.6 Å². The monoisotopic (exact) mass is 429 g/mol. The fourth-order valence-corrected chi connectivity index (χ4v) is 5.48. The molecule has 0 aliphatic carbocycles. The number of ether oxygens (including phenoxy) is 1. The van der Waals surface area contributed by atoms with Crippen LogP contribution in [0.2, 0.25) is 0 Å². The predicted octanol–water partition coefficient (Wildman–Crippen LogP) is 4.17. The van der Waals surface area contributed by atoms with E-state index >= 15 is 0 Å². The lowest BCUT2D eigenvalue weighted by atomic mass is 9.92. The van der Waals surface area contributed by atoms with Gasteiger partial charge in [0.25, 0.3) is 0 Å². The molecule has 0 N–H and O–H groups in total. The van der Waals surface area contributed by atoms with Gasteiger partial charge < -0.3 is 9.30 Å². The van der Waals surface area contributed by atoms with E-state index in [1.54, 1.807) is 0 Å². The van der Waals surface area contributed by atoms with Gasteiger partial charge in [0.15, 0.2) is 0 Å². The fraction of sp³-hybridized carbons (Fsp3) is 0.417. The first-order chi connectivity index (χ1) is 15.5. The van der Waals surface area contributed by atoms with Crippen LogP contribution < -0.4 is 0 Å². The van der Waals surface area contributed by atoms with Crippen molar-refractivity contribution in [3.8, 4) is 11.3 Å². The topological polar surface area (TPSA) is 75.6 Å². The van der Waals surface area contributed by atoms with Crippen LogP contribution in [-0.2, 0) is 18.8 Å². The molecule has 4 aromatic heterocycles. The molecule has 6 rings (SSSR count). The third-order valence-electron chi connectivity index (χ3n) is 7.13. The zero-order valence-electron chi connectivity index (χ0n) is 18.9. The third kappa shape index (κ3) is 2.72. The molecule has 0 unspecified atom stereocenters. The Bertz CT molecular complexity index is 1450. The minimum Gasteiger partial charge on any atom is -0.381 e. The van der Waals surface area contributed by atoms with Crippen molar-refractivity contribution in [3.63, 3.8) is 0 Å². The molecule has 1 saturated heterocycles. The lowest BCUT2D eigenvalue weighted by Gasteiger charge is -2.30. The Morgan fingerprint density at radius 3 is 2.62 bits per heavy atom. The molecular formula is C24H27N7O. The van der Waals surface area contributed by atoms with Crippen molar-refractivity contribution in [1.82, 2.24) is 34.3 Å². The average molecular weight is 430 g/mol. The van der Waals surface area contributed by atoms with Crippen molar-refractivity contribution in [2.45, 2.75) is 32.7 Å². The summed E-state index contributed by atoms with van der Waals surface area (Å²) in [5.74, 6) is 0.563. The molecule has 1 aromatic carbocycles. The maximum atomic E-state index is 5.65. The SMILES string of the molecule is Cc1nnn(C)c1-c1cnc2c3c4c(ccc3n([C@H](C)C3CCOCC3)c2c1)cnn4C. The van der Waals surface area contributed by atoms with E-state index in [0.717, 1.165) is 64.9 Å². The van der Waals surface area contributed by atoms with E-state index in [9.17, 15) is 0 Å². The molecule has 1 aliphatic heterocycles. The number of rotatable bonds is 3. The zero-order valence-corrected chi connectivity index (χ0v) is 18.9. The molecule has 0 spiro atoms. The molecule has 8 heteroatoms. The smallest absolute Gasteiger partial charge is 0.0982 e. The first-order valence-electron chi connectivity index (χ1n) is 11.2. The van der Waals surface area contributed by atoms with E-state index in [2.05, 4.69) is 45.1 Å². The number of benzene rings is 1. The normalized spacial score (nSPS) is 16.5. The Hall–Kier alpha value is -3.26. The van der Waals surface area contributed by atoms with Gasteiger partial charge in [-0.25, -0.2) is 4.68 Å². The van der Waals surface area contributed by atoms with Crippen molar-refractivity contribution >= 4 is 32.8 Å². The van der Waals surface area contributed by atoms with Crippen LogP contribution in [0.5, 0.6) is 0 Å². The van der Waals surface area contributed by atoms with Gasteiger partial charge in [0.05, 0.1) is 45.0 Å². The molecule has 1 atom stereocenters. The molecule has 1 aliphatic rings. The Balaban J connectivity index is 1.69. The van der Waals surface area contributed by atoms with Crippen LogP contribution in [0.4, 0.5) is 0 Å². The third-order valence-corrected chi connectivity index (χ3v) is 7.13. The van der Waals surface area contributed by atoms with Crippen molar-refractivity contribution in [2.75, 3.05) is 13.2 Å². The van der Waals surface area contributed by atoms with Crippen molar-refractivity contribution in [2.24, 2.45) is 20.0 Å². The van der Waals surface area contributed by atoms with E-state index in [1.807, 2.05) is 42.8 Å². The Morgan fingerprint density at radius 2 is 1.88 bits per heavy atom. The highest BCUT2D eigenvalue weighted by atomic mass is 16.5. The van der Waals surface area contributed by atoms with E-state index in [1.165, 1.54) is 10.9 Å². The van der Waals surface area contributed by atoms with Crippen LogP contribution in [0.3, 0.4) is 0 Å². The second-order valence-electron chi connectivity index (χ2n) is 8.96. The van der Waals surface area contributed by atoms with Gasteiger partial charge in [0.1, 0.15) is 0 Å². The summed E-state index contributed by atoms with van der Waals surface area (Å²) in [7, 11) is 3.94. The van der Waals surface area contributed by atoms with Gasteiger partial charge in [-0.05, 0) is 50.8 Å². The summed E-state index contributed by atoms with van der Waals surface area (Å²) in [6, 6.07) is 6.99. The number of aryl methyl sites for hydroxylation is 3. The lowest BCUT2D eigenvalue weighted by molar-refractivity contribution is 0.0525. The predicted molar refractivity (Wildman–Crippen MR) is 124 cm³/mol. The molecule has 1 fully saturated rings. The van der Waals surface area contributed by atoms with Crippen LogP contribution in [0.25, 0.3) is 44.1 Å². The minimum absolute atomic E-state index is 0.326. The molecule has 5 aromatic rings. The van der Waals surface area contributed by atoms with E-state index in [-0.39, 0.29) is 0 Å². The highest BCUT2D eigenvalue weighted by molar-refractivity contribution is 6.18. The fourth-order valence-electron chi connectivity index (χ4n) is 5.48. The number of fused-ring (bicyclic) bond motifs is 5. The number of hydrogen-bond donors (Lipinski definition) is 0. The van der Waals surface area contributed by atoms with E-state index in [0.29, 0.717) is 12.0 Å². The van der Waals surface area contributed by atoms with Crippen molar-refractivity contribution in [1.29, 1.82) is 0 Å². The number of aromatic nitrogens is 7. The summed E-state index contributed by atoms with van der Waals surface area (Å²) >= 11 is 0. The first kappa shape index (κ1) is 19.4. The zero-order chi connectivity index (χ0) is 22.0. The molecule has 0 amide bonds. The number of pyridine rings is 1. The molecule has 32 heavy (non-hydrogen) atoms. The van der Waals surface area contributed by atoms with Gasteiger partial charge in [-0.3, -0.25) is 9.67 Å². The summed E-state index contributed by atoms with van der Waals surface area (Å²) in [4.78, 5) is 5.01. The van der Waals surface area contributed by atoms with E-state index in [4.69, 9.17) is 9.72 Å². The van der Waals surface area contributed by atoms with E-state index < -0.39 is 0 Å². The summed E-state index contributed by atoms with van der Waals surface area (Å²) in [6.07, 6.45) is 6.04. The first-order valence-corrected chi connectivity index (χ1v) is 11.2. The maximum Gasteiger partial charge on any atom is 0.0982 e. The molecule has 164 valence electrons. The van der Waals surface area contributed by atoms with Crippen LogP contribution in [0, 0.1) is 12.8 Å². The maximum absolute atomic E-state index is 5.65. The van der Waals surface area contributed by atoms with Crippen LogP contribution >= 0.6 is 0 Å². The Labute approximate surface area is 185 Å². The number of nitrogens with zero attached hydrogens (tertiary/aromatic N) is 7. The second-order valence-corrected chi connectivity index (χ2v) is 8.96. The molecule has 5 heterocycles. The highest BCUT2D eigenvalue weighted by Crippen LogP contribution is 2.40. The highest BCUT2D eigenvalue weighted by Gasteiger charge is 2.27. The standard InChI is InChI=1S/C24H27N7O/c1-14-23(30(4)28-27-14)18-11-20-22(25-12-18)21-19(6-5-17-13-26-29(3)24(17)21)31(20)15(2)16-7-9-32-10-8-16/h5-6,11-13,15-16H,7-10H2,1-4H3/t15-/m1/s1. The van der Waals surface area contributed by atoms with Crippen LogP contribution in [0.1, 0.15) is 31.5 Å². The molecular weight excluding hydrogens is 402 g/mol. The van der Waals surface area contributed by atoms with Gasteiger partial charge in [0, 0.05) is 50.5 Å². The van der Waals surface area contributed by atoms with Gasteiger partial charge in [0.2, 0.25) is 0 Å². The summed E-state index contributed by atoms with van der Waals surface area (Å²) in [5, 5.41) is 15.3. The summed E-state index contributed by atoms with van der Waals surface area (Å²) in [6.45, 7) is 6.00. The minimum atomic E-state index is 0.326. The van der Waals surface area contributed by atoms with Gasteiger partial charge >= 0.3 is 0 Å². The second kappa shape index (κ2) is 7.13. The van der Waals surface area contributed by atoms with Crippen molar-refractivity contribution in [3.05, 3.63) is 36.3 Å². The summed E-state index contributed by atoms with van der Waals surface area (Å²) in [5.41, 5.74) is 7.44. The largest absolute Gasteiger partial charge is 0.381 e. The van der Waals surface area contributed by atoms with Gasteiger partial charge in [-0.15, -0.1) is 5.10 Å². The molecule has 0 bridgehead atoms. The number of hydrogen-bond acceptors (Lipinski definition) is 5. The molecule has 8 nitrogen and oxygen atoms in total. The van der Waals surface area contributed by atoms with Gasteiger partial charge in [-0.1, -0.05) is 5.21 Å².